The Hall–Kier alpha value is -0.600. The molecule has 0 saturated carbocycles. The van der Waals surface area contributed by atoms with Crippen molar-refractivity contribution >= 4 is 0 Å². The molecule has 0 fully saturated rings. The Balaban J connectivity index is 3.03. The highest BCUT2D eigenvalue weighted by molar-refractivity contribution is 4.69. The van der Waals surface area contributed by atoms with Crippen molar-refractivity contribution in [3.8, 4) is 0 Å². The fraction of sp³-hybridized carbons (Fsp3) is 0.600. The van der Waals surface area contributed by atoms with Crippen molar-refractivity contribution < 1.29 is 13.5 Å². The number of hydrogen-bond acceptors (Lipinski definition) is 1. The monoisotopic (exact) mass is 122 g/mol. The molecule has 0 saturated heterocycles. The predicted molar refractivity (Wildman–Crippen MR) is 26.5 cm³/mol. The van der Waals surface area contributed by atoms with Crippen molar-refractivity contribution in [2.45, 2.75) is 20.0 Å². The number of alkyl halides is 2. The topological polar surface area (TPSA) is 9.23 Å². The second-order valence-electron chi connectivity index (χ2n) is 1.18. The van der Waals surface area contributed by atoms with Gasteiger partial charge in [-0.1, -0.05) is 6.92 Å². The van der Waals surface area contributed by atoms with Crippen LogP contribution in [0.15, 0.2) is 12.3 Å². The van der Waals surface area contributed by atoms with E-state index in [4.69, 9.17) is 0 Å². The zero-order valence-corrected chi connectivity index (χ0v) is 4.60. The van der Waals surface area contributed by atoms with Gasteiger partial charge in [0.1, 0.15) is 0 Å². The normalized spacial score (nSPS) is 11.0. The van der Waals surface area contributed by atoms with Gasteiger partial charge in [-0.3, -0.25) is 0 Å². The molecule has 0 aliphatic carbocycles. The second-order valence-corrected chi connectivity index (χ2v) is 1.18. The van der Waals surface area contributed by atoms with Gasteiger partial charge in [0.15, 0.2) is 0 Å². The van der Waals surface area contributed by atoms with Crippen LogP contribution in [0.3, 0.4) is 0 Å². The van der Waals surface area contributed by atoms with Gasteiger partial charge < -0.3 is 4.74 Å². The SMILES string of the molecule is CC/C=C/OC(F)F. The number of halogens is 2. The van der Waals surface area contributed by atoms with Gasteiger partial charge in [-0.05, 0) is 12.5 Å². The fourth-order valence-corrected chi connectivity index (χ4v) is 0.211. The molecular formula is C5H8F2O. The van der Waals surface area contributed by atoms with Crippen LogP contribution in [0, 0.1) is 0 Å². The highest BCUT2D eigenvalue weighted by Gasteiger charge is 1.93. The van der Waals surface area contributed by atoms with Crippen molar-refractivity contribution in [2.24, 2.45) is 0 Å². The highest BCUT2D eigenvalue weighted by atomic mass is 19.3. The van der Waals surface area contributed by atoms with E-state index in [-0.39, 0.29) is 0 Å². The summed E-state index contributed by atoms with van der Waals surface area (Å²) in [6.07, 6.45) is 3.24. The van der Waals surface area contributed by atoms with Crippen molar-refractivity contribution in [1.29, 1.82) is 0 Å². The lowest BCUT2D eigenvalue weighted by Crippen LogP contribution is -1.89. The Kier molecular flexibility index (Phi) is 4.21. The molecule has 0 atom stereocenters. The molecule has 0 unspecified atom stereocenters. The molecule has 0 aromatic rings. The van der Waals surface area contributed by atoms with Gasteiger partial charge >= 0.3 is 6.61 Å². The summed E-state index contributed by atoms with van der Waals surface area (Å²) in [5.74, 6) is 0. The van der Waals surface area contributed by atoms with Crippen LogP contribution in [0.25, 0.3) is 0 Å². The van der Waals surface area contributed by atoms with Gasteiger partial charge in [0, 0.05) is 0 Å². The van der Waals surface area contributed by atoms with E-state index < -0.39 is 6.61 Å². The molecule has 8 heavy (non-hydrogen) atoms. The molecule has 1 nitrogen and oxygen atoms in total. The Labute approximate surface area is 47.0 Å². The Bertz CT molecular complexity index is 70.8. The molecule has 0 radical (unpaired) electrons. The summed E-state index contributed by atoms with van der Waals surface area (Å²) in [4.78, 5) is 0. The number of hydrogen-bond donors (Lipinski definition) is 0. The maximum absolute atomic E-state index is 11.1. The number of ether oxygens (including phenoxy) is 1. The molecule has 3 heteroatoms. The summed E-state index contributed by atoms with van der Waals surface area (Å²) in [6, 6.07) is 0. The van der Waals surface area contributed by atoms with Crippen molar-refractivity contribution in [3.05, 3.63) is 12.3 Å². The first kappa shape index (κ1) is 7.40. The van der Waals surface area contributed by atoms with Crippen molar-refractivity contribution in [2.75, 3.05) is 0 Å². The molecule has 0 amide bonds. The number of allylic oxidation sites excluding steroid dienone is 1. The summed E-state index contributed by atoms with van der Waals surface area (Å²) < 4.78 is 25.9. The summed E-state index contributed by atoms with van der Waals surface area (Å²) in [5, 5.41) is 0. The van der Waals surface area contributed by atoms with Gasteiger partial charge in [0.05, 0.1) is 6.26 Å². The standard InChI is InChI=1S/C5H8F2O/c1-2-3-4-8-5(6)7/h3-5H,2H2,1H3/b4-3+. The average molecular weight is 122 g/mol. The first-order chi connectivity index (χ1) is 3.77. The third-order valence-electron chi connectivity index (χ3n) is 0.513. The Morgan fingerprint density at radius 2 is 2.25 bits per heavy atom. The number of rotatable bonds is 3. The molecular weight excluding hydrogens is 114 g/mol. The van der Waals surface area contributed by atoms with E-state index in [0.29, 0.717) is 6.42 Å². The lowest BCUT2D eigenvalue weighted by Gasteiger charge is -1.93. The van der Waals surface area contributed by atoms with E-state index in [0.717, 1.165) is 6.26 Å². The average Bonchev–Trinajstić information content (AvgIpc) is 1.66. The third-order valence-corrected chi connectivity index (χ3v) is 0.513. The van der Waals surface area contributed by atoms with Crippen LogP contribution in [-0.2, 0) is 4.74 Å². The highest BCUT2D eigenvalue weighted by Crippen LogP contribution is 1.94. The van der Waals surface area contributed by atoms with Crippen LogP contribution in [-0.4, -0.2) is 6.61 Å². The Morgan fingerprint density at radius 3 is 2.62 bits per heavy atom. The van der Waals surface area contributed by atoms with Crippen LogP contribution in [0.5, 0.6) is 0 Å². The summed E-state index contributed by atoms with van der Waals surface area (Å²) in [6.45, 7) is -0.844. The maximum Gasteiger partial charge on any atom is 0.386 e. The van der Waals surface area contributed by atoms with Gasteiger partial charge in [0.2, 0.25) is 0 Å². The van der Waals surface area contributed by atoms with E-state index in [1.165, 1.54) is 6.08 Å². The molecule has 0 aliphatic rings. The predicted octanol–water partition coefficient (Wildman–Crippen LogP) is 2.15. The third kappa shape index (κ3) is 5.40. The van der Waals surface area contributed by atoms with Gasteiger partial charge in [-0.25, -0.2) is 0 Å². The molecule has 0 aromatic heterocycles. The lowest BCUT2D eigenvalue weighted by atomic mass is 10.5. The van der Waals surface area contributed by atoms with Crippen LogP contribution >= 0.6 is 0 Å². The van der Waals surface area contributed by atoms with Gasteiger partial charge in [-0.2, -0.15) is 8.78 Å². The summed E-state index contributed by atoms with van der Waals surface area (Å²) >= 11 is 0. The zero-order valence-electron chi connectivity index (χ0n) is 4.60. The molecule has 0 rings (SSSR count). The first-order valence-electron chi connectivity index (χ1n) is 2.36. The van der Waals surface area contributed by atoms with E-state index >= 15 is 0 Å². The smallest absolute Gasteiger partial charge is 0.386 e. The van der Waals surface area contributed by atoms with E-state index in [2.05, 4.69) is 4.74 Å². The molecule has 0 aliphatic heterocycles. The van der Waals surface area contributed by atoms with Crippen molar-refractivity contribution in [1.82, 2.24) is 0 Å². The minimum absolute atomic E-state index is 0.715. The summed E-state index contributed by atoms with van der Waals surface area (Å²) in [7, 11) is 0. The molecule has 0 heterocycles. The van der Waals surface area contributed by atoms with Crippen LogP contribution in [0.1, 0.15) is 13.3 Å². The molecule has 0 spiro atoms. The van der Waals surface area contributed by atoms with Gasteiger partial charge in [0.25, 0.3) is 0 Å². The van der Waals surface area contributed by atoms with Gasteiger partial charge in [-0.15, -0.1) is 0 Å². The Morgan fingerprint density at radius 1 is 1.62 bits per heavy atom. The minimum atomic E-state index is -2.68. The van der Waals surface area contributed by atoms with Crippen molar-refractivity contribution in [3.63, 3.8) is 0 Å². The van der Waals surface area contributed by atoms with Crippen LogP contribution < -0.4 is 0 Å². The maximum atomic E-state index is 11.1. The zero-order chi connectivity index (χ0) is 6.41. The lowest BCUT2D eigenvalue weighted by molar-refractivity contribution is -0.0831. The van der Waals surface area contributed by atoms with E-state index in [1.54, 1.807) is 0 Å². The van der Waals surface area contributed by atoms with Crippen LogP contribution in [0.4, 0.5) is 8.78 Å². The largest absolute Gasteiger partial charge is 0.443 e. The minimum Gasteiger partial charge on any atom is -0.443 e. The molecule has 0 bridgehead atoms. The second kappa shape index (κ2) is 4.56. The molecule has 0 aromatic carbocycles. The quantitative estimate of drug-likeness (QED) is 0.521. The fourth-order valence-electron chi connectivity index (χ4n) is 0.211. The first-order valence-corrected chi connectivity index (χ1v) is 2.36. The van der Waals surface area contributed by atoms with Crippen LogP contribution in [0.2, 0.25) is 0 Å². The summed E-state index contributed by atoms with van der Waals surface area (Å²) in [5.41, 5.74) is 0. The van der Waals surface area contributed by atoms with E-state index in [9.17, 15) is 8.78 Å². The van der Waals surface area contributed by atoms with E-state index in [1.807, 2.05) is 6.92 Å². The molecule has 0 N–H and O–H groups in total. The molecule has 48 valence electrons.